The molecule has 0 aromatic carbocycles. The molecule has 2 heteroatoms. The summed E-state index contributed by atoms with van der Waals surface area (Å²) in [5.74, 6) is 0.796. The van der Waals surface area contributed by atoms with E-state index in [0.29, 0.717) is 0 Å². The molecule has 1 aliphatic heterocycles. The molecule has 0 aromatic heterocycles. The first kappa shape index (κ1) is 8.02. The normalized spacial score (nSPS) is 30.0. The minimum absolute atomic E-state index is 0. The molecule has 0 aromatic rings. The summed E-state index contributed by atoms with van der Waals surface area (Å²) in [6.45, 7) is 3.38. The third kappa shape index (κ3) is 2.27. The van der Waals surface area contributed by atoms with Crippen molar-refractivity contribution in [2.75, 3.05) is 26.7 Å². The van der Waals surface area contributed by atoms with Gasteiger partial charge in [0.2, 0.25) is 0 Å². The van der Waals surface area contributed by atoms with Crippen molar-refractivity contribution >= 4 is 0 Å². The Bertz CT molecular complexity index is 98.1. The maximum atomic E-state index is 5.60. The van der Waals surface area contributed by atoms with Crippen molar-refractivity contribution in [3.05, 3.63) is 0 Å². The van der Waals surface area contributed by atoms with Crippen molar-refractivity contribution in [1.29, 1.82) is 0 Å². The third-order valence-electron chi connectivity index (χ3n) is 2.40. The molecule has 2 N–H and O–H groups in total. The molecule has 0 aliphatic carbocycles. The highest BCUT2D eigenvalue weighted by Crippen LogP contribution is 2.14. The Morgan fingerprint density at radius 3 is 3.00 bits per heavy atom. The smallest absolute Gasteiger partial charge is 0 e. The van der Waals surface area contributed by atoms with E-state index < -0.39 is 0 Å². The van der Waals surface area contributed by atoms with Gasteiger partial charge in [-0.3, -0.25) is 0 Å². The van der Waals surface area contributed by atoms with E-state index in [4.69, 9.17) is 5.73 Å². The first-order valence-electron chi connectivity index (χ1n) is 4.21. The summed E-state index contributed by atoms with van der Waals surface area (Å²) in [5, 5.41) is 0. The Hall–Kier alpha value is -0.0800. The fraction of sp³-hybridized carbons (Fsp3) is 1.00. The molecule has 1 rings (SSSR count). The van der Waals surface area contributed by atoms with Gasteiger partial charge in [-0.15, -0.1) is 0 Å². The summed E-state index contributed by atoms with van der Waals surface area (Å²) in [7, 11) is 2.19. The van der Waals surface area contributed by atoms with Gasteiger partial charge in [-0.25, -0.2) is 0 Å². The largest absolute Gasteiger partial charge is 0.330 e. The van der Waals surface area contributed by atoms with Crippen molar-refractivity contribution in [1.82, 2.24) is 4.90 Å². The SMILES string of the molecule is CN1CCCC(CN)CC1.[HH]. The molecule has 0 radical (unpaired) electrons. The van der Waals surface area contributed by atoms with Crippen LogP contribution in [0.2, 0.25) is 0 Å². The van der Waals surface area contributed by atoms with Gasteiger partial charge in [0, 0.05) is 1.43 Å². The van der Waals surface area contributed by atoms with Crippen LogP contribution in [0, 0.1) is 5.92 Å². The molecule has 1 aliphatic rings. The summed E-state index contributed by atoms with van der Waals surface area (Å²) in [6.07, 6.45) is 3.96. The molecule has 0 spiro atoms. The molecule has 1 unspecified atom stereocenters. The van der Waals surface area contributed by atoms with Crippen LogP contribution in [0.25, 0.3) is 0 Å². The van der Waals surface area contributed by atoms with Gasteiger partial charge in [-0.05, 0) is 51.9 Å². The van der Waals surface area contributed by atoms with Crippen molar-refractivity contribution < 1.29 is 1.43 Å². The van der Waals surface area contributed by atoms with Crippen molar-refractivity contribution in [3.63, 3.8) is 0 Å². The Morgan fingerprint density at radius 2 is 2.30 bits per heavy atom. The lowest BCUT2D eigenvalue weighted by atomic mass is 10.0. The molecule has 0 amide bonds. The van der Waals surface area contributed by atoms with Crippen LogP contribution in [0.3, 0.4) is 0 Å². The van der Waals surface area contributed by atoms with E-state index in [1.165, 1.54) is 32.4 Å². The molecule has 62 valence electrons. The number of likely N-dealkylation sites (tertiary alicyclic amines) is 1. The van der Waals surface area contributed by atoms with Gasteiger partial charge in [-0.2, -0.15) is 0 Å². The zero-order valence-corrected chi connectivity index (χ0v) is 6.84. The summed E-state index contributed by atoms with van der Waals surface area (Å²) in [6, 6.07) is 0. The van der Waals surface area contributed by atoms with Crippen LogP contribution in [-0.4, -0.2) is 31.6 Å². The number of rotatable bonds is 1. The van der Waals surface area contributed by atoms with Gasteiger partial charge in [0.05, 0.1) is 0 Å². The van der Waals surface area contributed by atoms with Crippen LogP contribution in [0.5, 0.6) is 0 Å². The zero-order valence-electron chi connectivity index (χ0n) is 6.84. The van der Waals surface area contributed by atoms with Gasteiger partial charge in [0.25, 0.3) is 0 Å². The predicted octanol–water partition coefficient (Wildman–Crippen LogP) is 0.923. The Labute approximate surface area is 64.9 Å². The highest BCUT2D eigenvalue weighted by atomic mass is 15.1. The molecule has 2 nitrogen and oxygen atoms in total. The van der Waals surface area contributed by atoms with Crippen LogP contribution in [0.15, 0.2) is 0 Å². The molecule has 1 heterocycles. The fourth-order valence-corrected chi connectivity index (χ4v) is 1.54. The second kappa shape index (κ2) is 3.94. The zero-order chi connectivity index (χ0) is 7.40. The number of nitrogens with zero attached hydrogens (tertiary/aromatic N) is 1. The van der Waals surface area contributed by atoms with Crippen LogP contribution in [0.4, 0.5) is 0 Å². The maximum absolute atomic E-state index is 5.60. The summed E-state index contributed by atoms with van der Waals surface area (Å²) in [5.41, 5.74) is 5.60. The topological polar surface area (TPSA) is 29.3 Å². The summed E-state index contributed by atoms with van der Waals surface area (Å²) < 4.78 is 0. The van der Waals surface area contributed by atoms with Crippen molar-refractivity contribution in [3.8, 4) is 0 Å². The standard InChI is InChI=1S/C8H18N2.H2/c1-10-5-2-3-8(7-9)4-6-10;/h8H,2-7,9H2,1H3;1H. The molecule has 10 heavy (non-hydrogen) atoms. The average Bonchev–Trinajstić information content (AvgIpc) is 2.14. The predicted molar refractivity (Wildman–Crippen MR) is 46.0 cm³/mol. The lowest BCUT2D eigenvalue weighted by Gasteiger charge is -2.12. The van der Waals surface area contributed by atoms with E-state index in [2.05, 4.69) is 11.9 Å². The molecule has 1 atom stereocenters. The Morgan fingerprint density at radius 1 is 1.50 bits per heavy atom. The quantitative estimate of drug-likeness (QED) is 0.593. The maximum Gasteiger partial charge on any atom is 0 e. The summed E-state index contributed by atoms with van der Waals surface area (Å²) in [4.78, 5) is 2.40. The highest BCUT2D eigenvalue weighted by Gasteiger charge is 2.12. The third-order valence-corrected chi connectivity index (χ3v) is 2.40. The molecular formula is C8H20N2. The fourth-order valence-electron chi connectivity index (χ4n) is 1.54. The number of hydrogen-bond acceptors (Lipinski definition) is 2. The van der Waals surface area contributed by atoms with E-state index in [1.807, 2.05) is 0 Å². The average molecular weight is 144 g/mol. The molecular weight excluding hydrogens is 124 g/mol. The lowest BCUT2D eigenvalue weighted by molar-refractivity contribution is 0.342. The van der Waals surface area contributed by atoms with E-state index in [0.717, 1.165) is 12.5 Å². The van der Waals surface area contributed by atoms with E-state index in [1.54, 1.807) is 0 Å². The second-order valence-electron chi connectivity index (χ2n) is 3.34. The Kier molecular flexibility index (Phi) is 3.16. The van der Waals surface area contributed by atoms with E-state index >= 15 is 0 Å². The summed E-state index contributed by atoms with van der Waals surface area (Å²) >= 11 is 0. The van der Waals surface area contributed by atoms with Gasteiger partial charge < -0.3 is 10.6 Å². The highest BCUT2D eigenvalue weighted by molar-refractivity contribution is 4.67. The molecule has 1 saturated heterocycles. The van der Waals surface area contributed by atoms with Crippen LogP contribution in [-0.2, 0) is 0 Å². The van der Waals surface area contributed by atoms with Gasteiger partial charge in [0.1, 0.15) is 0 Å². The van der Waals surface area contributed by atoms with Crippen molar-refractivity contribution in [2.45, 2.75) is 19.3 Å². The van der Waals surface area contributed by atoms with Crippen molar-refractivity contribution in [2.24, 2.45) is 11.7 Å². The number of hydrogen-bond donors (Lipinski definition) is 1. The number of nitrogens with two attached hydrogens (primary N) is 1. The minimum atomic E-state index is 0. The molecule has 1 fully saturated rings. The first-order chi connectivity index (χ1) is 4.83. The van der Waals surface area contributed by atoms with Crippen LogP contribution >= 0.6 is 0 Å². The molecule has 0 saturated carbocycles. The van der Waals surface area contributed by atoms with Gasteiger partial charge in [-0.1, -0.05) is 0 Å². The minimum Gasteiger partial charge on any atom is -0.330 e. The monoisotopic (exact) mass is 144 g/mol. The lowest BCUT2D eigenvalue weighted by Crippen LogP contribution is -2.20. The van der Waals surface area contributed by atoms with Gasteiger partial charge >= 0.3 is 0 Å². The first-order valence-corrected chi connectivity index (χ1v) is 4.21. The second-order valence-corrected chi connectivity index (χ2v) is 3.34. The van der Waals surface area contributed by atoms with Crippen LogP contribution in [0.1, 0.15) is 20.7 Å². The Balaban J connectivity index is 0.000001000. The van der Waals surface area contributed by atoms with Crippen LogP contribution < -0.4 is 5.73 Å². The molecule has 0 bridgehead atoms. The van der Waals surface area contributed by atoms with E-state index in [-0.39, 0.29) is 1.43 Å². The van der Waals surface area contributed by atoms with Gasteiger partial charge in [0.15, 0.2) is 0 Å². The van der Waals surface area contributed by atoms with E-state index in [9.17, 15) is 0 Å².